The van der Waals surface area contributed by atoms with Crippen LogP contribution in [-0.4, -0.2) is 38.0 Å². The molecule has 9 nitrogen and oxygen atoms in total. The molecule has 0 atom stereocenters. The lowest BCUT2D eigenvalue weighted by atomic mass is 10.1. The average Bonchev–Trinajstić information content (AvgIpc) is 2.83. The molecule has 0 fully saturated rings. The Kier molecular flexibility index (Phi) is 6.36. The lowest BCUT2D eigenvalue weighted by Crippen LogP contribution is -2.20. The number of nitrogens with one attached hydrogen (secondary N) is 2. The molecule has 168 valence electrons. The van der Waals surface area contributed by atoms with Crippen molar-refractivity contribution < 1.29 is 22.7 Å². The van der Waals surface area contributed by atoms with E-state index in [0.29, 0.717) is 11.4 Å². The van der Waals surface area contributed by atoms with Crippen molar-refractivity contribution in [2.24, 2.45) is 0 Å². The summed E-state index contributed by atoms with van der Waals surface area (Å²) in [6.07, 6.45) is 2.73. The molecule has 0 bridgehead atoms. The van der Waals surface area contributed by atoms with Gasteiger partial charge in [0.1, 0.15) is 5.75 Å². The SMILES string of the molecule is COc1nccnc1NS(=O)(=O)c1ccc(NC(=O)COc2ccc3ccccc3c2)cc1. The van der Waals surface area contributed by atoms with Crippen molar-refractivity contribution in [1.29, 1.82) is 0 Å². The number of hydrogen-bond acceptors (Lipinski definition) is 7. The minimum atomic E-state index is -3.93. The maximum absolute atomic E-state index is 12.6. The first-order chi connectivity index (χ1) is 15.9. The molecule has 3 aromatic carbocycles. The monoisotopic (exact) mass is 464 g/mol. The van der Waals surface area contributed by atoms with Crippen LogP contribution in [0.15, 0.2) is 84.0 Å². The summed E-state index contributed by atoms with van der Waals surface area (Å²) in [5.41, 5.74) is 0.429. The van der Waals surface area contributed by atoms with E-state index in [1.54, 1.807) is 6.07 Å². The maximum atomic E-state index is 12.6. The van der Waals surface area contributed by atoms with Crippen LogP contribution in [0.4, 0.5) is 11.5 Å². The number of aromatic nitrogens is 2. The van der Waals surface area contributed by atoms with Crippen LogP contribution in [-0.2, 0) is 14.8 Å². The Balaban J connectivity index is 1.36. The first-order valence-electron chi connectivity index (χ1n) is 9.84. The molecule has 0 radical (unpaired) electrons. The van der Waals surface area contributed by atoms with Gasteiger partial charge in [0, 0.05) is 18.1 Å². The van der Waals surface area contributed by atoms with Gasteiger partial charge in [0.05, 0.1) is 12.0 Å². The standard InChI is InChI=1S/C23H20N4O5S/c1-31-23-22(24-12-13-25-23)27-33(29,30)20-10-7-18(8-11-20)26-21(28)15-32-19-9-6-16-4-2-3-5-17(16)14-19/h2-14H,15H2,1H3,(H,24,27)(H,26,28). The molecule has 1 amide bonds. The van der Waals surface area contributed by atoms with Crippen molar-refractivity contribution in [2.45, 2.75) is 4.90 Å². The third-order valence-corrected chi connectivity index (χ3v) is 5.98. The van der Waals surface area contributed by atoms with Gasteiger partial charge in [0.15, 0.2) is 6.61 Å². The maximum Gasteiger partial charge on any atom is 0.263 e. The van der Waals surface area contributed by atoms with E-state index in [9.17, 15) is 13.2 Å². The molecule has 2 N–H and O–H groups in total. The average molecular weight is 465 g/mol. The van der Waals surface area contributed by atoms with Crippen molar-refractivity contribution in [3.63, 3.8) is 0 Å². The van der Waals surface area contributed by atoms with Gasteiger partial charge in [-0.3, -0.25) is 9.52 Å². The summed E-state index contributed by atoms with van der Waals surface area (Å²) in [7, 11) is -2.56. The number of carbonyl (C=O) groups excluding carboxylic acids is 1. The molecule has 0 unspecified atom stereocenters. The topological polar surface area (TPSA) is 120 Å². The van der Waals surface area contributed by atoms with Crippen LogP contribution in [0.25, 0.3) is 10.8 Å². The van der Waals surface area contributed by atoms with E-state index in [4.69, 9.17) is 9.47 Å². The van der Waals surface area contributed by atoms with Crippen LogP contribution in [0.2, 0.25) is 0 Å². The Morgan fingerprint density at radius 2 is 1.67 bits per heavy atom. The van der Waals surface area contributed by atoms with Crippen LogP contribution < -0.4 is 19.5 Å². The Morgan fingerprint density at radius 3 is 2.42 bits per heavy atom. The van der Waals surface area contributed by atoms with Gasteiger partial charge < -0.3 is 14.8 Å². The fraction of sp³-hybridized carbons (Fsp3) is 0.0870. The third kappa shape index (κ3) is 5.36. The minimum Gasteiger partial charge on any atom is -0.484 e. The Morgan fingerprint density at radius 1 is 0.939 bits per heavy atom. The number of benzene rings is 3. The second-order valence-corrected chi connectivity index (χ2v) is 8.57. The predicted octanol–water partition coefficient (Wildman–Crippen LogP) is 3.46. The van der Waals surface area contributed by atoms with Gasteiger partial charge in [-0.05, 0) is 47.2 Å². The van der Waals surface area contributed by atoms with E-state index < -0.39 is 10.0 Å². The minimum absolute atomic E-state index is 0.0133. The van der Waals surface area contributed by atoms with Crippen molar-refractivity contribution in [3.05, 3.63) is 79.1 Å². The molecule has 0 aliphatic carbocycles. The molecule has 0 aliphatic rings. The highest BCUT2D eigenvalue weighted by Crippen LogP contribution is 2.23. The fourth-order valence-corrected chi connectivity index (χ4v) is 4.06. The molecule has 1 heterocycles. The summed E-state index contributed by atoms with van der Waals surface area (Å²) >= 11 is 0. The second kappa shape index (κ2) is 9.53. The quantitative estimate of drug-likeness (QED) is 0.410. The first kappa shape index (κ1) is 22.0. The normalized spacial score (nSPS) is 11.1. The fourth-order valence-electron chi connectivity index (χ4n) is 3.05. The van der Waals surface area contributed by atoms with Gasteiger partial charge in [-0.15, -0.1) is 0 Å². The van der Waals surface area contributed by atoms with Crippen molar-refractivity contribution in [2.75, 3.05) is 23.8 Å². The highest BCUT2D eigenvalue weighted by molar-refractivity contribution is 7.92. The molecule has 1 aromatic heterocycles. The lowest BCUT2D eigenvalue weighted by molar-refractivity contribution is -0.118. The van der Waals surface area contributed by atoms with Crippen LogP contribution >= 0.6 is 0 Å². The molecule has 4 aromatic rings. The van der Waals surface area contributed by atoms with E-state index >= 15 is 0 Å². The highest BCUT2D eigenvalue weighted by Gasteiger charge is 2.18. The molecule has 10 heteroatoms. The molecular weight excluding hydrogens is 444 g/mol. The number of nitrogens with zero attached hydrogens (tertiary/aromatic N) is 2. The molecule has 4 rings (SSSR count). The number of sulfonamides is 1. The van der Waals surface area contributed by atoms with E-state index in [1.807, 2.05) is 36.4 Å². The molecular formula is C23H20N4O5S. The second-order valence-electron chi connectivity index (χ2n) is 6.89. The van der Waals surface area contributed by atoms with E-state index in [-0.39, 0.29) is 29.1 Å². The number of rotatable bonds is 8. The molecule has 0 spiro atoms. The number of methoxy groups -OCH3 is 1. The van der Waals surface area contributed by atoms with Crippen molar-refractivity contribution in [1.82, 2.24) is 9.97 Å². The highest BCUT2D eigenvalue weighted by atomic mass is 32.2. The van der Waals surface area contributed by atoms with Gasteiger partial charge in [-0.1, -0.05) is 30.3 Å². The molecule has 0 saturated heterocycles. The summed E-state index contributed by atoms with van der Waals surface area (Å²) in [4.78, 5) is 20.1. The predicted molar refractivity (Wildman–Crippen MR) is 124 cm³/mol. The zero-order valence-corrected chi connectivity index (χ0v) is 18.4. The van der Waals surface area contributed by atoms with Gasteiger partial charge >= 0.3 is 0 Å². The van der Waals surface area contributed by atoms with Crippen LogP contribution in [0.1, 0.15) is 0 Å². The van der Waals surface area contributed by atoms with Crippen LogP contribution in [0.5, 0.6) is 11.6 Å². The summed E-state index contributed by atoms with van der Waals surface area (Å²) < 4.78 is 38.1. The third-order valence-electron chi connectivity index (χ3n) is 4.63. The molecule has 33 heavy (non-hydrogen) atoms. The largest absolute Gasteiger partial charge is 0.484 e. The summed E-state index contributed by atoms with van der Waals surface area (Å²) in [5, 5.41) is 4.77. The molecule has 0 saturated carbocycles. The number of hydrogen-bond donors (Lipinski definition) is 2. The molecule has 0 aliphatic heterocycles. The summed E-state index contributed by atoms with van der Waals surface area (Å²) in [5.74, 6) is 0.233. The number of ether oxygens (including phenoxy) is 2. The van der Waals surface area contributed by atoms with Crippen LogP contribution in [0.3, 0.4) is 0 Å². The van der Waals surface area contributed by atoms with E-state index in [2.05, 4.69) is 20.0 Å². The summed E-state index contributed by atoms with van der Waals surface area (Å²) in [6.45, 7) is -0.188. The van der Waals surface area contributed by atoms with Gasteiger partial charge in [-0.25, -0.2) is 18.4 Å². The first-order valence-corrected chi connectivity index (χ1v) is 11.3. The Bertz CT molecular complexity index is 1390. The number of carbonyl (C=O) groups is 1. The summed E-state index contributed by atoms with van der Waals surface area (Å²) in [6, 6.07) is 19.1. The van der Waals surface area contributed by atoms with E-state index in [1.165, 1.54) is 43.8 Å². The smallest absolute Gasteiger partial charge is 0.263 e. The number of anilines is 2. The zero-order valence-electron chi connectivity index (χ0n) is 17.6. The number of amides is 1. The Hall–Kier alpha value is -4.18. The van der Waals surface area contributed by atoms with Crippen LogP contribution in [0, 0.1) is 0 Å². The number of fused-ring (bicyclic) bond motifs is 1. The Labute approximate surface area is 190 Å². The zero-order chi connectivity index (χ0) is 23.3. The van der Waals surface area contributed by atoms with Gasteiger partial charge in [0.2, 0.25) is 5.82 Å². The van der Waals surface area contributed by atoms with Gasteiger partial charge in [-0.2, -0.15) is 0 Å². The van der Waals surface area contributed by atoms with E-state index in [0.717, 1.165) is 10.8 Å². The van der Waals surface area contributed by atoms with Gasteiger partial charge in [0.25, 0.3) is 21.8 Å². The van der Waals surface area contributed by atoms with Crippen molar-refractivity contribution >= 4 is 38.2 Å². The van der Waals surface area contributed by atoms with Crippen molar-refractivity contribution in [3.8, 4) is 11.6 Å². The lowest BCUT2D eigenvalue weighted by Gasteiger charge is -2.11.